The first-order valence-corrected chi connectivity index (χ1v) is 8.84. The second-order valence-corrected chi connectivity index (χ2v) is 6.99. The van der Waals surface area contributed by atoms with Crippen molar-refractivity contribution in [2.45, 2.75) is 42.4 Å². The van der Waals surface area contributed by atoms with Crippen molar-refractivity contribution in [1.29, 1.82) is 0 Å². The summed E-state index contributed by atoms with van der Waals surface area (Å²) < 4.78 is 38.8. The molecule has 11 nitrogen and oxygen atoms in total. The molecule has 1 aliphatic rings. The first-order chi connectivity index (χ1) is 11.1. The third-order valence-electron chi connectivity index (χ3n) is 2.99. The maximum absolute atomic E-state index is 10.6. The van der Waals surface area contributed by atoms with Gasteiger partial charge in [0.25, 0.3) is 0 Å². The first-order valence-electron chi connectivity index (χ1n) is 6.59. The topological polar surface area (TPSA) is 186 Å². The molecule has 0 saturated carbocycles. The van der Waals surface area contributed by atoms with Crippen molar-refractivity contribution < 1.29 is 47.5 Å². The van der Waals surface area contributed by atoms with Gasteiger partial charge < -0.3 is 30.3 Å². The molecule has 1 rings (SSSR count). The van der Waals surface area contributed by atoms with Crippen LogP contribution in [0.4, 0.5) is 0 Å². The van der Waals surface area contributed by atoms with Crippen LogP contribution in [0.1, 0.15) is 6.42 Å². The molecule has 1 heterocycles. The summed E-state index contributed by atoms with van der Waals surface area (Å²) in [7, 11) is -4.89. The zero-order chi connectivity index (χ0) is 18.5. The number of aliphatic hydroxyl groups is 5. The van der Waals surface area contributed by atoms with E-state index >= 15 is 0 Å². The Labute approximate surface area is 142 Å². The predicted octanol–water partition coefficient (Wildman–Crippen LogP) is -2.41. The summed E-state index contributed by atoms with van der Waals surface area (Å²) in [5, 5.41) is 50.8. The molecule has 1 fully saturated rings. The van der Waals surface area contributed by atoms with Crippen LogP contribution in [0.2, 0.25) is 0 Å². The van der Waals surface area contributed by atoms with Crippen LogP contribution < -0.4 is 0 Å². The molecule has 0 aromatic rings. The van der Waals surface area contributed by atoms with Gasteiger partial charge in [-0.15, -0.1) is 6.58 Å². The van der Waals surface area contributed by atoms with Crippen molar-refractivity contribution in [3.8, 4) is 0 Å². The second-order valence-electron chi connectivity index (χ2n) is 4.81. The molecule has 0 radical (unpaired) electrons. The van der Waals surface area contributed by atoms with Crippen molar-refractivity contribution in [2.24, 2.45) is 5.16 Å². The van der Waals surface area contributed by atoms with Crippen LogP contribution in [-0.4, -0.2) is 86.1 Å². The SMILES string of the molecule is C=C[C@H](O)C/C(=N\OS(=O)(=O)O)S[C@@H]1OC(CO)[C@@H](O)C(O)[C@@H]1O. The van der Waals surface area contributed by atoms with E-state index < -0.39 is 53.0 Å². The van der Waals surface area contributed by atoms with E-state index in [1.165, 1.54) is 0 Å². The molecule has 13 heteroatoms. The van der Waals surface area contributed by atoms with Crippen molar-refractivity contribution in [3.63, 3.8) is 0 Å². The van der Waals surface area contributed by atoms with Gasteiger partial charge in [-0.25, -0.2) is 4.28 Å². The molecule has 1 saturated heterocycles. The standard InChI is InChI=1S/C11H19NO10S2/c1-2-5(14)3-7(12-22-24(18,19)20)23-11-10(17)9(16)8(15)6(4-13)21-11/h2,5-6,8-11,13-17H,1,3-4H2,(H,18,19,20)/b12-7+/t5-,6?,8+,9?,10-,11-/m0/s1. The molecule has 0 amide bonds. The zero-order valence-electron chi connectivity index (χ0n) is 12.2. The fraction of sp³-hybridized carbons (Fsp3) is 0.727. The molecule has 0 bridgehead atoms. The van der Waals surface area contributed by atoms with E-state index in [4.69, 9.17) is 14.4 Å². The fourth-order valence-electron chi connectivity index (χ4n) is 1.76. The molecule has 0 spiro atoms. The van der Waals surface area contributed by atoms with Gasteiger partial charge in [-0.2, -0.15) is 8.42 Å². The molecule has 0 aromatic heterocycles. The Hall–Kier alpha value is -0.770. The van der Waals surface area contributed by atoms with Gasteiger partial charge in [0, 0.05) is 6.42 Å². The van der Waals surface area contributed by atoms with Crippen LogP contribution in [0.25, 0.3) is 0 Å². The molecule has 140 valence electrons. The molecule has 24 heavy (non-hydrogen) atoms. The number of aliphatic hydroxyl groups excluding tert-OH is 5. The van der Waals surface area contributed by atoms with Gasteiger partial charge in [0.1, 0.15) is 34.9 Å². The lowest BCUT2D eigenvalue weighted by Gasteiger charge is -2.39. The third-order valence-corrected chi connectivity index (χ3v) is 4.39. The molecule has 1 aliphatic heterocycles. The first kappa shape index (κ1) is 21.3. The molecule has 6 N–H and O–H groups in total. The Balaban J connectivity index is 2.92. The summed E-state index contributed by atoms with van der Waals surface area (Å²) in [6.07, 6.45) is -6.29. The summed E-state index contributed by atoms with van der Waals surface area (Å²) in [5.74, 6) is 0. The average molecular weight is 389 g/mol. The minimum atomic E-state index is -4.89. The summed E-state index contributed by atoms with van der Waals surface area (Å²) >= 11 is 0.570. The van der Waals surface area contributed by atoms with Gasteiger partial charge in [-0.05, 0) is 0 Å². The third kappa shape index (κ3) is 6.27. The van der Waals surface area contributed by atoms with Gasteiger partial charge in [-0.1, -0.05) is 23.0 Å². The van der Waals surface area contributed by atoms with E-state index in [2.05, 4.69) is 16.0 Å². The van der Waals surface area contributed by atoms with E-state index in [0.29, 0.717) is 11.8 Å². The largest absolute Gasteiger partial charge is 0.466 e. The Kier molecular flexibility index (Phi) is 8.04. The lowest BCUT2D eigenvalue weighted by atomic mass is 10.0. The van der Waals surface area contributed by atoms with Crippen LogP contribution in [-0.2, 0) is 19.4 Å². The normalized spacial score (nSPS) is 33.1. The smallest absolute Gasteiger partial charge is 0.394 e. The zero-order valence-corrected chi connectivity index (χ0v) is 13.9. The van der Waals surface area contributed by atoms with Crippen LogP contribution in [0.15, 0.2) is 17.8 Å². The van der Waals surface area contributed by atoms with Crippen LogP contribution >= 0.6 is 11.8 Å². The Morgan fingerprint density at radius 2 is 1.96 bits per heavy atom. The van der Waals surface area contributed by atoms with E-state index in [1.54, 1.807) is 0 Å². The maximum atomic E-state index is 10.6. The molecular weight excluding hydrogens is 370 g/mol. The predicted molar refractivity (Wildman–Crippen MR) is 82.2 cm³/mol. The highest BCUT2D eigenvalue weighted by atomic mass is 32.3. The Morgan fingerprint density at radius 1 is 1.33 bits per heavy atom. The van der Waals surface area contributed by atoms with Gasteiger partial charge in [0.05, 0.1) is 12.7 Å². The van der Waals surface area contributed by atoms with Gasteiger partial charge in [0.15, 0.2) is 0 Å². The van der Waals surface area contributed by atoms with Crippen molar-refractivity contribution in [3.05, 3.63) is 12.7 Å². The van der Waals surface area contributed by atoms with Crippen molar-refractivity contribution in [1.82, 2.24) is 0 Å². The fourth-order valence-corrected chi connectivity index (χ4v) is 3.10. The highest BCUT2D eigenvalue weighted by Crippen LogP contribution is 2.30. The highest BCUT2D eigenvalue weighted by molar-refractivity contribution is 8.14. The number of ether oxygens (including phenoxy) is 1. The molecule has 0 aliphatic carbocycles. The number of nitrogens with zero attached hydrogens (tertiary/aromatic N) is 1. The lowest BCUT2D eigenvalue weighted by Crippen LogP contribution is -2.57. The molecule has 0 aromatic carbocycles. The van der Waals surface area contributed by atoms with Crippen LogP contribution in [0.5, 0.6) is 0 Å². The average Bonchev–Trinajstić information content (AvgIpc) is 2.52. The summed E-state index contributed by atoms with van der Waals surface area (Å²) in [4.78, 5) is 0. The van der Waals surface area contributed by atoms with Crippen LogP contribution in [0, 0.1) is 0 Å². The number of hydrogen-bond donors (Lipinski definition) is 6. The Bertz CT molecular complexity index is 551. The number of oxime groups is 1. The number of hydrogen-bond acceptors (Lipinski definition) is 11. The number of thioether (sulfide) groups is 1. The molecule has 2 unspecified atom stereocenters. The summed E-state index contributed by atoms with van der Waals surface area (Å²) in [6.45, 7) is 2.67. The summed E-state index contributed by atoms with van der Waals surface area (Å²) in [5.41, 5.74) is -1.26. The van der Waals surface area contributed by atoms with Crippen molar-refractivity contribution >= 4 is 27.2 Å². The molecular formula is C11H19NO10S2. The van der Waals surface area contributed by atoms with Crippen molar-refractivity contribution in [2.75, 3.05) is 6.61 Å². The minimum Gasteiger partial charge on any atom is -0.394 e. The van der Waals surface area contributed by atoms with E-state index in [0.717, 1.165) is 6.08 Å². The van der Waals surface area contributed by atoms with Gasteiger partial charge in [0.2, 0.25) is 0 Å². The maximum Gasteiger partial charge on any atom is 0.466 e. The highest BCUT2D eigenvalue weighted by Gasteiger charge is 2.44. The second kappa shape index (κ2) is 9.07. The monoisotopic (exact) mass is 389 g/mol. The lowest BCUT2D eigenvalue weighted by molar-refractivity contribution is -0.205. The minimum absolute atomic E-state index is 0.218. The quantitative estimate of drug-likeness (QED) is 0.0895. The Morgan fingerprint density at radius 3 is 2.46 bits per heavy atom. The number of rotatable bonds is 7. The van der Waals surface area contributed by atoms with Gasteiger partial charge >= 0.3 is 10.4 Å². The molecule has 6 atom stereocenters. The summed E-state index contributed by atoms with van der Waals surface area (Å²) in [6, 6.07) is 0. The van der Waals surface area contributed by atoms with E-state index in [-0.39, 0.29) is 11.5 Å². The van der Waals surface area contributed by atoms with E-state index in [1.807, 2.05) is 0 Å². The van der Waals surface area contributed by atoms with Gasteiger partial charge in [-0.3, -0.25) is 4.55 Å². The van der Waals surface area contributed by atoms with E-state index in [9.17, 15) is 28.8 Å². The van der Waals surface area contributed by atoms with Crippen LogP contribution in [0.3, 0.4) is 0 Å².